The topological polar surface area (TPSA) is 72.7 Å². The molecule has 0 atom stereocenters. The Bertz CT molecular complexity index is 877. The minimum Gasteiger partial charge on any atom is -0.493 e. The van der Waals surface area contributed by atoms with Crippen LogP contribution in [0.25, 0.3) is 0 Å². The maximum absolute atomic E-state index is 12.2. The molecule has 33 heavy (non-hydrogen) atoms. The predicted octanol–water partition coefficient (Wildman–Crippen LogP) is 3.85. The Morgan fingerprint density at radius 1 is 1.03 bits per heavy atom. The van der Waals surface area contributed by atoms with E-state index >= 15 is 0 Å². The second kappa shape index (κ2) is 11.5. The van der Waals surface area contributed by atoms with Crippen LogP contribution in [0.3, 0.4) is 0 Å². The van der Waals surface area contributed by atoms with Crippen LogP contribution in [-0.2, 0) is 17.7 Å². The monoisotopic (exact) mass is 457 g/mol. The first kappa shape index (κ1) is 25.0. The number of aromatic nitrogens is 3. The predicted molar refractivity (Wildman–Crippen MR) is 129 cm³/mol. The zero-order valence-electron chi connectivity index (χ0n) is 20.8. The van der Waals surface area contributed by atoms with Gasteiger partial charge in [-0.25, -0.2) is 4.79 Å². The van der Waals surface area contributed by atoms with Crippen molar-refractivity contribution in [3.8, 4) is 5.75 Å². The minimum atomic E-state index is -0.447. The van der Waals surface area contributed by atoms with E-state index in [0.29, 0.717) is 19.7 Å². The fraction of sp³-hybridized carbons (Fsp3) is 0.640. The lowest BCUT2D eigenvalue weighted by atomic mass is 10.1. The van der Waals surface area contributed by atoms with Crippen molar-refractivity contribution in [2.45, 2.75) is 66.0 Å². The number of carbonyl (C=O) groups is 1. The van der Waals surface area contributed by atoms with E-state index in [0.717, 1.165) is 56.9 Å². The Hall–Kier alpha value is -2.61. The van der Waals surface area contributed by atoms with Gasteiger partial charge in [0.1, 0.15) is 11.4 Å². The molecule has 1 aliphatic rings. The Balaban J connectivity index is 1.30. The van der Waals surface area contributed by atoms with Crippen LogP contribution in [-0.4, -0.2) is 75.8 Å². The number of hydrogen-bond acceptors (Lipinski definition) is 6. The molecule has 182 valence electrons. The third kappa shape index (κ3) is 8.03. The fourth-order valence-corrected chi connectivity index (χ4v) is 3.95. The number of ether oxygens (including phenoxy) is 2. The molecule has 0 spiro atoms. The lowest BCUT2D eigenvalue weighted by Gasteiger charge is -2.35. The van der Waals surface area contributed by atoms with Crippen molar-refractivity contribution in [2.75, 3.05) is 39.3 Å². The number of amides is 1. The molecule has 8 heteroatoms. The highest BCUT2D eigenvalue weighted by Crippen LogP contribution is 2.22. The van der Waals surface area contributed by atoms with Gasteiger partial charge >= 0.3 is 6.09 Å². The number of hydrogen-bond donors (Lipinski definition) is 0. The van der Waals surface area contributed by atoms with E-state index in [1.807, 2.05) is 31.6 Å². The molecule has 0 unspecified atom stereocenters. The SMILES string of the molecule is Cc1cccc(C)c1OCCCc1cn(CCCN2CCN(C(=O)OC(C)(C)C)CC2)nn1. The van der Waals surface area contributed by atoms with E-state index in [9.17, 15) is 4.79 Å². The number of aryl methyl sites for hydroxylation is 4. The van der Waals surface area contributed by atoms with Crippen LogP contribution in [0.1, 0.15) is 50.4 Å². The summed E-state index contributed by atoms with van der Waals surface area (Å²) in [6, 6.07) is 6.21. The van der Waals surface area contributed by atoms with Crippen molar-refractivity contribution in [1.29, 1.82) is 0 Å². The van der Waals surface area contributed by atoms with Crippen LogP contribution in [0.4, 0.5) is 4.79 Å². The van der Waals surface area contributed by atoms with Gasteiger partial charge in [-0.1, -0.05) is 23.4 Å². The number of nitrogens with zero attached hydrogens (tertiary/aromatic N) is 5. The van der Waals surface area contributed by atoms with E-state index in [2.05, 4.69) is 47.3 Å². The second-order valence-corrected chi connectivity index (χ2v) is 9.81. The Kier molecular flexibility index (Phi) is 8.72. The summed E-state index contributed by atoms with van der Waals surface area (Å²) in [5.41, 5.74) is 2.91. The molecule has 0 N–H and O–H groups in total. The summed E-state index contributed by atoms with van der Waals surface area (Å²) in [4.78, 5) is 16.4. The lowest BCUT2D eigenvalue weighted by Crippen LogP contribution is -2.50. The van der Waals surface area contributed by atoms with Gasteiger partial charge in [0, 0.05) is 45.5 Å². The molecule has 1 fully saturated rings. The molecule has 1 amide bonds. The molecule has 8 nitrogen and oxygen atoms in total. The first-order valence-corrected chi connectivity index (χ1v) is 12.0. The first-order valence-electron chi connectivity index (χ1n) is 12.0. The molecule has 3 rings (SSSR count). The van der Waals surface area contributed by atoms with E-state index in [1.54, 1.807) is 4.90 Å². The molecule has 0 bridgehead atoms. The summed E-state index contributed by atoms with van der Waals surface area (Å²) in [6.07, 6.45) is 4.60. The molecule has 2 heterocycles. The van der Waals surface area contributed by atoms with E-state index in [-0.39, 0.29) is 6.09 Å². The molecule has 1 aliphatic heterocycles. The molecular weight excluding hydrogens is 418 g/mol. The van der Waals surface area contributed by atoms with Crippen molar-refractivity contribution in [1.82, 2.24) is 24.8 Å². The zero-order valence-corrected chi connectivity index (χ0v) is 20.8. The molecule has 1 aromatic heterocycles. The van der Waals surface area contributed by atoms with Crippen molar-refractivity contribution in [3.05, 3.63) is 41.2 Å². The van der Waals surface area contributed by atoms with Crippen molar-refractivity contribution in [3.63, 3.8) is 0 Å². The van der Waals surface area contributed by atoms with Gasteiger partial charge in [0.25, 0.3) is 0 Å². The second-order valence-electron chi connectivity index (χ2n) is 9.81. The molecule has 0 aliphatic carbocycles. The smallest absolute Gasteiger partial charge is 0.410 e. The van der Waals surface area contributed by atoms with Crippen LogP contribution in [0, 0.1) is 13.8 Å². The van der Waals surface area contributed by atoms with Crippen LogP contribution in [0.5, 0.6) is 5.75 Å². The van der Waals surface area contributed by atoms with Gasteiger partial charge in [-0.05, 0) is 65.0 Å². The van der Waals surface area contributed by atoms with Crippen molar-refractivity contribution < 1.29 is 14.3 Å². The Labute approximate surface area is 197 Å². The van der Waals surface area contributed by atoms with Gasteiger partial charge in [-0.3, -0.25) is 9.58 Å². The maximum Gasteiger partial charge on any atom is 0.410 e. The van der Waals surface area contributed by atoms with E-state index in [4.69, 9.17) is 9.47 Å². The quantitative estimate of drug-likeness (QED) is 0.533. The van der Waals surface area contributed by atoms with Crippen molar-refractivity contribution >= 4 is 6.09 Å². The summed E-state index contributed by atoms with van der Waals surface area (Å²) in [7, 11) is 0. The Morgan fingerprint density at radius 3 is 2.39 bits per heavy atom. The van der Waals surface area contributed by atoms with Gasteiger partial charge in [-0.15, -0.1) is 5.10 Å². The summed E-state index contributed by atoms with van der Waals surface area (Å²) in [5.74, 6) is 0.994. The average molecular weight is 458 g/mol. The highest BCUT2D eigenvalue weighted by Gasteiger charge is 2.25. The number of para-hydroxylation sites is 1. The highest BCUT2D eigenvalue weighted by molar-refractivity contribution is 5.68. The number of piperazine rings is 1. The highest BCUT2D eigenvalue weighted by atomic mass is 16.6. The molecule has 0 saturated carbocycles. The molecule has 1 saturated heterocycles. The number of benzene rings is 1. The van der Waals surface area contributed by atoms with Crippen LogP contribution in [0.15, 0.2) is 24.4 Å². The zero-order chi connectivity index (χ0) is 23.8. The van der Waals surface area contributed by atoms with Gasteiger partial charge in [0.05, 0.1) is 12.3 Å². The minimum absolute atomic E-state index is 0.211. The van der Waals surface area contributed by atoms with Gasteiger partial charge in [0.2, 0.25) is 0 Å². The Morgan fingerprint density at radius 2 is 1.73 bits per heavy atom. The van der Waals surface area contributed by atoms with Gasteiger partial charge < -0.3 is 14.4 Å². The van der Waals surface area contributed by atoms with Gasteiger partial charge in [-0.2, -0.15) is 0 Å². The third-order valence-corrected chi connectivity index (χ3v) is 5.70. The number of rotatable bonds is 9. The number of carbonyl (C=O) groups excluding carboxylic acids is 1. The van der Waals surface area contributed by atoms with Gasteiger partial charge in [0.15, 0.2) is 0 Å². The lowest BCUT2D eigenvalue weighted by molar-refractivity contribution is 0.0143. The third-order valence-electron chi connectivity index (χ3n) is 5.70. The summed E-state index contributed by atoms with van der Waals surface area (Å²) >= 11 is 0. The molecule has 1 aromatic carbocycles. The largest absolute Gasteiger partial charge is 0.493 e. The van der Waals surface area contributed by atoms with E-state index in [1.165, 1.54) is 11.1 Å². The van der Waals surface area contributed by atoms with Crippen LogP contribution < -0.4 is 4.74 Å². The van der Waals surface area contributed by atoms with Crippen LogP contribution in [0.2, 0.25) is 0 Å². The molecule has 0 radical (unpaired) electrons. The van der Waals surface area contributed by atoms with Crippen molar-refractivity contribution in [2.24, 2.45) is 0 Å². The average Bonchev–Trinajstić information content (AvgIpc) is 3.20. The molecular formula is C25H39N5O3. The standard InChI is InChI=1S/C25H39N5O3/c1-20-9-6-10-21(2)23(20)32-18-7-11-22-19-30(27-26-22)13-8-12-28-14-16-29(17-15-28)24(31)33-25(3,4)5/h6,9-10,19H,7-8,11-18H2,1-5H3. The maximum atomic E-state index is 12.2. The molecule has 2 aromatic rings. The van der Waals surface area contributed by atoms with Crippen LogP contribution >= 0.6 is 0 Å². The first-order chi connectivity index (χ1) is 15.7. The summed E-state index contributed by atoms with van der Waals surface area (Å²) in [5, 5.41) is 8.58. The van der Waals surface area contributed by atoms with E-state index < -0.39 is 5.60 Å². The summed E-state index contributed by atoms with van der Waals surface area (Å²) < 4.78 is 13.4. The fourth-order valence-electron chi connectivity index (χ4n) is 3.95. The normalized spacial score (nSPS) is 15.0. The summed E-state index contributed by atoms with van der Waals surface area (Å²) in [6.45, 7) is 15.5.